The van der Waals surface area contributed by atoms with Crippen molar-refractivity contribution in [2.24, 2.45) is 0 Å². The molecule has 1 spiro atoms. The number of hydrogen-bond donors (Lipinski definition) is 0. The third kappa shape index (κ3) is 4.60. The molecule has 0 bridgehead atoms. The van der Waals surface area contributed by atoms with Crippen LogP contribution in [0.1, 0.15) is 22.3 Å². The summed E-state index contributed by atoms with van der Waals surface area (Å²) in [5.74, 6) is 3.49. The number of aromatic nitrogens is 3. The van der Waals surface area contributed by atoms with E-state index in [-0.39, 0.29) is 0 Å². The Bertz CT molecular complexity index is 3120. The first-order valence-corrected chi connectivity index (χ1v) is 19.2. The Labute approximate surface area is 328 Å². The van der Waals surface area contributed by atoms with Gasteiger partial charge in [-0.3, -0.25) is 0 Å². The van der Waals surface area contributed by atoms with Gasteiger partial charge in [-0.1, -0.05) is 164 Å². The molecule has 10 aromatic rings. The third-order valence-electron chi connectivity index (χ3n) is 11.6. The molecule has 0 amide bonds. The van der Waals surface area contributed by atoms with Gasteiger partial charge in [0, 0.05) is 38.6 Å². The fourth-order valence-corrected chi connectivity index (χ4v) is 9.18. The predicted molar refractivity (Wildman–Crippen MR) is 226 cm³/mol. The van der Waals surface area contributed by atoms with Crippen LogP contribution < -0.4 is 4.74 Å². The lowest BCUT2D eigenvalue weighted by atomic mass is 9.66. The number of nitrogens with zero attached hydrogens (tertiary/aromatic N) is 3. The second-order valence-corrected chi connectivity index (χ2v) is 14.7. The van der Waals surface area contributed by atoms with Gasteiger partial charge < -0.3 is 9.15 Å². The van der Waals surface area contributed by atoms with Crippen LogP contribution in [0.4, 0.5) is 0 Å². The zero-order valence-corrected chi connectivity index (χ0v) is 30.6. The minimum absolute atomic E-state index is 0.555. The highest BCUT2D eigenvalue weighted by Crippen LogP contribution is 2.62. The molecule has 2 aromatic heterocycles. The molecule has 5 heteroatoms. The third-order valence-corrected chi connectivity index (χ3v) is 11.6. The van der Waals surface area contributed by atoms with Gasteiger partial charge in [0.15, 0.2) is 17.5 Å². The molecular weight excluding hydrogens is 699 g/mol. The highest BCUT2D eigenvalue weighted by Gasteiger charge is 2.51. The molecule has 5 nitrogen and oxygen atoms in total. The van der Waals surface area contributed by atoms with E-state index in [0.29, 0.717) is 17.5 Å². The van der Waals surface area contributed by atoms with Crippen LogP contribution in [-0.2, 0) is 5.41 Å². The van der Waals surface area contributed by atoms with Crippen molar-refractivity contribution >= 4 is 21.9 Å². The number of hydrogen-bond acceptors (Lipinski definition) is 5. The Morgan fingerprint density at radius 3 is 1.47 bits per heavy atom. The normalized spacial score (nSPS) is 13.2. The molecule has 0 fully saturated rings. The van der Waals surface area contributed by atoms with Gasteiger partial charge >= 0.3 is 0 Å². The summed E-state index contributed by atoms with van der Waals surface area (Å²) in [5.41, 5.74) is 12.9. The quantitative estimate of drug-likeness (QED) is 0.180. The van der Waals surface area contributed by atoms with Gasteiger partial charge in [0.05, 0.1) is 11.0 Å². The van der Waals surface area contributed by atoms with E-state index < -0.39 is 5.41 Å². The summed E-state index contributed by atoms with van der Waals surface area (Å²) >= 11 is 0. The molecular formula is C52H31N3O2. The van der Waals surface area contributed by atoms with Crippen LogP contribution in [0.25, 0.3) is 78.4 Å². The van der Waals surface area contributed by atoms with Gasteiger partial charge in [0.2, 0.25) is 0 Å². The zero-order valence-electron chi connectivity index (χ0n) is 30.6. The van der Waals surface area contributed by atoms with Crippen molar-refractivity contribution in [3.05, 3.63) is 210 Å². The summed E-state index contributed by atoms with van der Waals surface area (Å²) in [7, 11) is 0. The topological polar surface area (TPSA) is 61.0 Å². The van der Waals surface area contributed by atoms with Gasteiger partial charge in [-0.2, -0.15) is 0 Å². The number of furan rings is 1. The Kier molecular flexibility index (Phi) is 6.78. The van der Waals surface area contributed by atoms with Crippen molar-refractivity contribution in [2.75, 3.05) is 0 Å². The maximum atomic E-state index is 7.01. The Hall–Kier alpha value is -7.63. The first kappa shape index (κ1) is 31.7. The van der Waals surface area contributed by atoms with Crippen LogP contribution in [0.5, 0.6) is 11.5 Å². The Morgan fingerprint density at radius 2 is 0.825 bits per heavy atom. The largest absolute Gasteiger partial charge is 0.457 e. The van der Waals surface area contributed by atoms with Crippen molar-refractivity contribution in [1.82, 2.24) is 15.0 Å². The second kappa shape index (κ2) is 12.2. The molecule has 8 aromatic carbocycles. The van der Waals surface area contributed by atoms with Crippen molar-refractivity contribution in [2.45, 2.75) is 5.41 Å². The summed E-state index contributed by atoms with van der Waals surface area (Å²) in [4.78, 5) is 15.0. The fraction of sp³-hybridized carbons (Fsp3) is 0.0192. The number of benzene rings is 8. The van der Waals surface area contributed by atoms with Crippen LogP contribution in [-0.4, -0.2) is 15.0 Å². The maximum Gasteiger partial charge on any atom is 0.167 e. The highest BCUT2D eigenvalue weighted by molar-refractivity contribution is 6.12. The summed E-state index contributed by atoms with van der Waals surface area (Å²) in [5, 5.41) is 2.02. The van der Waals surface area contributed by atoms with E-state index in [9.17, 15) is 0 Å². The lowest BCUT2D eigenvalue weighted by Gasteiger charge is -2.39. The van der Waals surface area contributed by atoms with E-state index in [2.05, 4.69) is 121 Å². The SMILES string of the molecule is c1ccc(-c2nc(-c3ccccc3)nc(-c3cccc4c3oc3c(-c5ccc6c(c5)C5(c7ccccc7O6)c6ccccc6-c6ccccc65)cccc34)n2)cc1. The molecule has 0 N–H and O–H groups in total. The van der Waals surface area contributed by atoms with Gasteiger partial charge in [0.25, 0.3) is 0 Å². The van der Waals surface area contributed by atoms with Crippen LogP contribution in [0.15, 0.2) is 192 Å². The number of ether oxygens (including phenoxy) is 1. The zero-order chi connectivity index (χ0) is 37.5. The summed E-state index contributed by atoms with van der Waals surface area (Å²) in [6.45, 7) is 0. The van der Waals surface area contributed by atoms with Gasteiger partial charge in [0.1, 0.15) is 22.7 Å². The molecule has 2 aliphatic rings. The van der Waals surface area contributed by atoms with Crippen molar-refractivity contribution in [3.63, 3.8) is 0 Å². The molecule has 0 saturated heterocycles. The van der Waals surface area contributed by atoms with E-state index in [4.69, 9.17) is 24.1 Å². The average molecular weight is 730 g/mol. The molecule has 266 valence electrons. The second-order valence-electron chi connectivity index (χ2n) is 14.7. The Morgan fingerprint density at radius 1 is 0.333 bits per heavy atom. The van der Waals surface area contributed by atoms with Crippen molar-refractivity contribution in [1.29, 1.82) is 0 Å². The van der Waals surface area contributed by atoms with E-state index >= 15 is 0 Å². The van der Waals surface area contributed by atoms with Crippen LogP contribution >= 0.6 is 0 Å². The highest BCUT2D eigenvalue weighted by atomic mass is 16.5. The molecule has 3 heterocycles. The van der Waals surface area contributed by atoms with Gasteiger partial charge in [-0.25, -0.2) is 15.0 Å². The molecule has 0 radical (unpaired) electrons. The molecule has 12 rings (SSSR count). The fourth-order valence-electron chi connectivity index (χ4n) is 9.18. The minimum Gasteiger partial charge on any atom is -0.457 e. The summed E-state index contributed by atoms with van der Waals surface area (Å²) in [6, 6.07) is 65.4. The molecule has 0 unspecified atom stereocenters. The monoisotopic (exact) mass is 729 g/mol. The molecule has 57 heavy (non-hydrogen) atoms. The maximum absolute atomic E-state index is 7.01. The first-order chi connectivity index (χ1) is 28.3. The number of rotatable bonds is 4. The predicted octanol–water partition coefficient (Wildman–Crippen LogP) is 12.9. The smallest absolute Gasteiger partial charge is 0.167 e. The van der Waals surface area contributed by atoms with E-state index in [0.717, 1.165) is 72.4 Å². The summed E-state index contributed by atoms with van der Waals surface area (Å²) in [6.07, 6.45) is 0. The van der Waals surface area contributed by atoms with Gasteiger partial charge in [-0.05, 0) is 52.1 Å². The van der Waals surface area contributed by atoms with E-state index in [1.54, 1.807) is 0 Å². The lowest BCUT2D eigenvalue weighted by molar-refractivity contribution is 0.436. The lowest BCUT2D eigenvalue weighted by Crippen LogP contribution is -2.32. The average Bonchev–Trinajstić information content (AvgIpc) is 3.81. The van der Waals surface area contributed by atoms with E-state index in [1.807, 2.05) is 66.7 Å². The van der Waals surface area contributed by atoms with Crippen molar-refractivity contribution < 1.29 is 9.15 Å². The first-order valence-electron chi connectivity index (χ1n) is 19.2. The van der Waals surface area contributed by atoms with Crippen molar-refractivity contribution in [3.8, 4) is 67.9 Å². The number of para-hydroxylation sites is 3. The van der Waals surface area contributed by atoms with Crippen LogP contribution in [0.3, 0.4) is 0 Å². The molecule has 0 saturated carbocycles. The molecule has 1 aliphatic heterocycles. The van der Waals surface area contributed by atoms with E-state index in [1.165, 1.54) is 22.3 Å². The standard InChI is InChI=1S/C52H31N3O2/c1-3-15-32(16-4-1)49-53-50(33-17-5-2-6-18-33)55-51(54-49)40-24-14-23-39-38-22-13-21-35(47(38)57-48(39)40)34-29-30-46-44(31-34)52(43-27-11-12-28-45(43)56-46)41-25-9-7-19-36(41)37-20-8-10-26-42(37)52/h1-31H. The number of fused-ring (bicyclic) bond motifs is 12. The Balaban J connectivity index is 1.07. The van der Waals surface area contributed by atoms with Gasteiger partial charge in [-0.15, -0.1) is 0 Å². The minimum atomic E-state index is -0.562. The van der Waals surface area contributed by atoms with Crippen LogP contribution in [0, 0.1) is 0 Å². The summed E-state index contributed by atoms with van der Waals surface area (Å²) < 4.78 is 13.7. The molecule has 0 atom stereocenters. The molecule has 1 aliphatic carbocycles. The van der Waals surface area contributed by atoms with Crippen LogP contribution in [0.2, 0.25) is 0 Å².